The maximum absolute atomic E-state index is 2.68. The van der Waals surface area contributed by atoms with E-state index in [2.05, 4.69) is 228 Å². The molecule has 0 atom stereocenters. The molecule has 8 aromatic carbocycles. The van der Waals surface area contributed by atoms with Gasteiger partial charge in [-0.15, -0.1) is 11.3 Å². The zero-order valence-electron chi connectivity index (χ0n) is 36.0. The predicted molar refractivity (Wildman–Crippen MR) is 266 cm³/mol. The number of hydrogen-bond acceptors (Lipinski definition) is 3. The molecule has 0 aliphatic carbocycles. The number of hydrogen-bond donors (Lipinski definition) is 0. The first kappa shape index (κ1) is 37.6. The van der Waals surface area contributed by atoms with Gasteiger partial charge < -0.3 is 9.71 Å². The summed E-state index contributed by atoms with van der Waals surface area (Å²) in [6, 6.07) is 64.3. The Balaban J connectivity index is 1.28. The van der Waals surface area contributed by atoms with E-state index in [9.17, 15) is 0 Å². The quantitative estimate of drug-likeness (QED) is 0.164. The predicted octanol–water partition coefficient (Wildman–Crippen LogP) is 15.0. The first-order valence-electron chi connectivity index (χ1n) is 21.6. The molecule has 0 saturated heterocycles. The van der Waals surface area contributed by atoms with Crippen molar-refractivity contribution in [3.8, 4) is 33.4 Å². The summed E-state index contributed by atoms with van der Waals surface area (Å²) in [5.74, 6) is 0. The lowest BCUT2D eigenvalue weighted by Gasteiger charge is -2.46. The lowest BCUT2D eigenvalue weighted by Crippen LogP contribution is -2.61. The summed E-state index contributed by atoms with van der Waals surface area (Å²) in [6.45, 7) is 16.0. The smallest absolute Gasteiger partial charge is 0.334 e. The molecule has 11 rings (SSSR count). The number of thiophene rings is 1. The minimum atomic E-state index is -0.0957. The van der Waals surface area contributed by atoms with Crippen molar-refractivity contribution in [3.63, 3.8) is 0 Å². The monoisotopic (exact) mass is 804 g/mol. The normalized spacial score (nSPS) is 13.4. The third-order valence-electron chi connectivity index (χ3n) is 13.0. The van der Waals surface area contributed by atoms with Crippen LogP contribution in [0.25, 0.3) is 53.6 Å². The third-order valence-corrected chi connectivity index (χ3v) is 14.2. The second-order valence-corrected chi connectivity index (χ2v) is 20.1. The molecule has 0 N–H and O–H groups in total. The van der Waals surface area contributed by atoms with Gasteiger partial charge in [-0.2, -0.15) is 0 Å². The molecule has 9 aromatic rings. The van der Waals surface area contributed by atoms with Crippen molar-refractivity contribution < 1.29 is 0 Å². The summed E-state index contributed by atoms with van der Waals surface area (Å²) >= 11 is 1.94. The van der Waals surface area contributed by atoms with Crippen molar-refractivity contribution in [2.45, 2.75) is 59.3 Å². The number of rotatable bonds is 4. The topological polar surface area (TPSA) is 6.48 Å². The van der Waals surface area contributed by atoms with Crippen LogP contribution in [0, 0.1) is 6.92 Å². The average Bonchev–Trinajstić information content (AvgIpc) is 3.65. The zero-order chi connectivity index (χ0) is 41.8. The van der Waals surface area contributed by atoms with Crippen molar-refractivity contribution in [3.05, 3.63) is 187 Å². The van der Waals surface area contributed by atoms with Gasteiger partial charge in [-0.25, -0.2) is 0 Å². The summed E-state index contributed by atoms with van der Waals surface area (Å²) in [5, 5.41) is 2.63. The fourth-order valence-electron chi connectivity index (χ4n) is 9.89. The van der Waals surface area contributed by atoms with E-state index < -0.39 is 0 Å². The van der Waals surface area contributed by atoms with Gasteiger partial charge in [0.1, 0.15) is 0 Å². The SMILES string of the molecule is Cc1cc2c3c(c1)N(c1ccc(C(C)(C)C)cc1-c1ccccc1)c1ccc4c(sc5ccccc54)c1B3N(c1ccc(C(C)(C)C)cc1)c1cc(-c3ccccc3)ccc1-2. The molecule has 4 heteroatoms. The molecule has 0 radical (unpaired) electrons. The molecular weight excluding hydrogens is 756 g/mol. The average molecular weight is 805 g/mol. The molecule has 0 bridgehead atoms. The highest BCUT2D eigenvalue weighted by atomic mass is 32.1. The van der Waals surface area contributed by atoms with E-state index in [-0.39, 0.29) is 17.7 Å². The second-order valence-electron chi connectivity index (χ2n) is 19.1. The van der Waals surface area contributed by atoms with Gasteiger partial charge >= 0.3 is 6.85 Å². The van der Waals surface area contributed by atoms with E-state index in [1.165, 1.54) is 110 Å². The Morgan fingerprint density at radius 3 is 1.82 bits per heavy atom. The Morgan fingerprint density at radius 1 is 0.443 bits per heavy atom. The van der Waals surface area contributed by atoms with Crippen molar-refractivity contribution in [2.75, 3.05) is 9.71 Å². The fourth-order valence-corrected chi connectivity index (χ4v) is 11.2. The van der Waals surface area contributed by atoms with Crippen LogP contribution in [0.1, 0.15) is 58.2 Å². The molecule has 0 amide bonds. The van der Waals surface area contributed by atoms with Crippen LogP contribution in [0.15, 0.2) is 170 Å². The molecule has 1 aromatic heterocycles. The number of fused-ring (bicyclic) bond motifs is 8. The first-order chi connectivity index (χ1) is 29.4. The van der Waals surface area contributed by atoms with Gasteiger partial charge in [-0.1, -0.05) is 163 Å². The molecule has 61 heavy (non-hydrogen) atoms. The number of benzene rings is 8. The Kier molecular flexibility index (Phi) is 8.54. The van der Waals surface area contributed by atoms with E-state index in [4.69, 9.17) is 0 Å². The van der Waals surface area contributed by atoms with E-state index >= 15 is 0 Å². The summed E-state index contributed by atoms with van der Waals surface area (Å²) in [4.78, 5) is 5.29. The van der Waals surface area contributed by atoms with E-state index in [0.29, 0.717) is 0 Å². The summed E-state index contributed by atoms with van der Waals surface area (Å²) in [6.07, 6.45) is 0. The van der Waals surface area contributed by atoms with Crippen LogP contribution in [0.4, 0.5) is 28.4 Å². The second kappa shape index (κ2) is 13.8. The summed E-state index contributed by atoms with van der Waals surface area (Å²) < 4.78 is 2.66. The Morgan fingerprint density at radius 2 is 1.10 bits per heavy atom. The van der Waals surface area contributed by atoms with Crippen molar-refractivity contribution in [1.82, 2.24) is 0 Å². The Bertz CT molecular complexity index is 3170. The maximum atomic E-state index is 2.68. The van der Waals surface area contributed by atoms with Gasteiger partial charge in [0.15, 0.2) is 0 Å². The zero-order valence-corrected chi connectivity index (χ0v) is 36.9. The van der Waals surface area contributed by atoms with Crippen LogP contribution in [0.5, 0.6) is 0 Å². The lowest BCUT2D eigenvalue weighted by atomic mass is 9.43. The van der Waals surface area contributed by atoms with Crippen LogP contribution in [-0.2, 0) is 10.8 Å². The Hall–Kier alpha value is -6.36. The molecule has 0 spiro atoms. The van der Waals surface area contributed by atoms with Crippen LogP contribution in [0.2, 0.25) is 0 Å². The molecule has 296 valence electrons. The van der Waals surface area contributed by atoms with Crippen LogP contribution < -0.4 is 20.6 Å². The molecule has 2 aliphatic rings. The summed E-state index contributed by atoms with van der Waals surface area (Å²) in [5.41, 5.74) is 20.2. The van der Waals surface area contributed by atoms with Gasteiger partial charge in [0.25, 0.3) is 0 Å². The van der Waals surface area contributed by atoms with Crippen molar-refractivity contribution >= 4 is 77.7 Å². The fraction of sp³-hybridized carbons (Fsp3) is 0.158. The number of nitrogens with zero attached hydrogens (tertiary/aromatic N) is 2. The molecular formula is C57H49BN2S. The molecule has 2 nitrogen and oxygen atoms in total. The molecule has 3 heterocycles. The molecule has 2 aliphatic heterocycles. The molecule has 0 saturated carbocycles. The van der Waals surface area contributed by atoms with Crippen LogP contribution in [-0.4, -0.2) is 6.85 Å². The van der Waals surface area contributed by atoms with E-state index in [1.807, 2.05) is 11.3 Å². The minimum Gasteiger partial charge on any atom is -0.376 e. The van der Waals surface area contributed by atoms with Gasteiger partial charge in [-0.05, 0) is 116 Å². The standard InChI is InChI=1S/C57H49BN2S/c1-36-32-47-43-28-22-39(37-16-10-8-11-17-37)34-50(43)60(42-26-23-40(24-27-42)56(2,3)4)58-53(47)51(33-36)59(49-31-29-45-44-20-14-15-21-52(44)61-55(45)54(49)58)48-30-25-41(57(5,6)7)35-46(48)38-18-12-9-13-19-38/h8-35H,1-7H3. The van der Waals surface area contributed by atoms with E-state index in [1.54, 1.807) is 0 Å². The molecule has 0 fully saturated rings. The highest BCUT2D eigenvalue weighted by Gasteiger charge is 2.47. The Labute approximate surface area is 364 Å². The van der Waals surface area contributed by atoms with Gasteiger partial charge in [0, 0.05) is 54.0 Å². The molecule has 0 unspecified atom stereocenters. The highest BCUT2D eigenvalue weighted by molar-refractivity contribution is 7.27. The minimum absolute atomic E-state index is 0.00987. The lowest BCUT2D eigenvalue weighted by molar-refractivity contribution is 0.590. The third kappa shape index (κ3) is 6.06. The van der Waals surface area contributed by atoms with Gasteiger partial charge in [0.05, 0.1) is 5.69 Å². The first-order valence-corrected chi connectivity index (χ1v) is 22.4. The van der Waals surface area contributed by atoms with E-state index in [0.717, 1.165) is 0 Å². The largest absolute Gasteiger partial charge is 0.376 e. The van der Waals surface area contributed by atoms with Crippen LogP contribution >= 0.6 is 11.3 Å². The van der Waals surface area contributed by atoms with Gasteiger partial charge in [-0.3, -0.25) is 0 Å². The van der Waals surface area contributed by atoms with Crippen LogP contribution in [0.3, 0.4) is 0 Å². The highest BCUT2D eigenvalue weighted by Crippen LogP contribution is 2.51. The maximum Gasteiger partial charge on any atom is 0.334 e. The van der Waals surface area contributed by atoms with Crippen molar-refractivity contribution in [1.29, 1.82) is 0 Å². The number of aryl methyl sites for hydroxylation is 1. The summed E-state index contributed by atoms with van der Waals surface area (Å²) in [7, 11) is 0. The van der Waals surface area contributed by atoms with Gasteiger partial charge in [0.2, 0.25) is 0 Å². The number of anilines is 5. The van der Waals surface area contributed by atoms with Crippen molar-refractivity contribution in [2.24, 2.45) is 0 Å².